The summed E-state index contributed by atoms with van der Waals surface area (Å²) in [4.78, 5) is 0. The van der Waals surface area contributed by atoms with E-state index >= 15 is 0 Å². The van der Waals surface area contributed by atoms with Gasteiger partial charge in [-0.3, -0.25) is 0 Å². The molecule has 2 nitrogen and oxygen atoms in total. The Morgan fingerprint density at radius 3 is 1.59 bits per heavy atom. The molecule has 0 radical (unpaired) electrons. The van der Waals surface area contributed by atoms with Crippen LogP contribution in [0, 0.1) is 22.3 Å². The number of rotatable bonds is 1. The van der Waals surface area contributed by atoms with Gasteiger partial charge in [-0.2, -0.15) is 30.3 Å². The Bertz CT molecular complexity index is 461. The molecule has 0 saturated carbocycles. The van der Waals surface area contributed by atoms with E-state index in [0.717, 1.165) is 23.1 Å². The maximum Gasteiger partial charge on any atom is 0 e. The van der Waals surface area contributed by atoms with Gasteiger partial charge in [0, 0.05) is 38.1 Å². The third-order valence-electron chi connectivity index (χ3n) is 4.23. The normalized spacial score (nSPS) is 19.4. The monoisotopic (exact) mass is 660 g/mol. The predicted octanol–water partition coefficient (Wildman–Crippen LogP) is 8.30. The van der Waals surface area contributed by atoms with Gasteiger partial charge in [-0.1, -0.05) is 43.5 Å². The molecule has 2 atom stereocenters. The average Bonchev–Trinajstić information content (AvgIpc) is 3.31. The van der Waals surface area contributed by atoms with E-state index in [1.54, 1.807) is 0 Å². The first-order chi connectivity index (χ1) is 11.8. The van der Waals surface area contributed by atoms with Crippen LogP contribution in [0.5, 0.6) is 0 Å². The van der Waals surface area contributed by atoms with Gasteiger partial charge in [-0.05, 0) is 0 Å². The number of piperidine rings is 2. The van der Waals surface area contributed by atoms with E-state index in [1.165, 1.54) is 38.5 Å². The van der Waals surface area contributed by atoms with Crippen molar-refractivity contribution in [3.63, 3.8) is 0 Å². The Morgan fingerprint density at radius 1 is 0.897 bits per heavy atom. The fourth-order valence-corrected chi connectivity index (χ4v) is 3.25. The smallest absolute Gasteiger partial charge is 0 e. The van der Waals surface area contributed by atoms with Gasteiger partial charge in [0.2, 0.25) is 0 Å². The van der Waals surface area contributed by atoms with Gasteiger partial charge in [0.05, 0.1) is 0 Å². The van der Waals surface area contributed by atoms with Crippen molar-refractivity contribution in [2.75, 3.05) is 13.1 Å². The molecule has 29 heavy (non-hydrogen) atoms. The maximum atomic E-state index is 5.46. The zero-order valence-corrected chi connectivity index (χ0v) is 22.6. The molecule has 2 aliphatic heterocycles. The Balaban J connectivity index is -0.000000161. The first kappa shape index (κ1) is 36.8. The van der Waals surface area contributed by atoms with Crippen molar-refractivity contribution in [3.05, 3.63) is 91.5 Å². The topological polar surface area (TPSA) is 28.2 Å². The summed E-state index contributed by atoms with van der Waals surface area (Å²) in [6.45, 7) is 2.19. The second-order valence-corrected chi connectivity index (χ2v) is 7.02. The van der Waals surface area contributed by atoms with Crippen LogP contribution < -0.4 is 0 Å². The van der Waals surface area contributed by atoms with Crippen molar-refractivity contribution >= 4 is 23.2 Å². The molecule has 2 saturated heterocycles. The first-order valence-corrected chi connectivity index (χ1v) is 9.59. The third kappa shape index (κ3) is 16.7. The fourth-order valence-electron chi connectivity index (χ4n) is 2.96. The summed E-state index contributed by atoms with van der Waals surface area (Å²) in [5, 5.41) is 10.9. The number of nitrogens with zero attached hydrogens (tertiary/aromatic N) is 2. The minimum absolute atomic E-state index is 0. The van der Waals surface area contributed by atoms with Gasteiger partial charge in [-0.25, -0.2) is 6.07 Å². The Morgan fingerprint density at radius 2 is 1.38 bits per heavy atom. The van der Waals surface area contributed by atoms with Crippen LogP contribution in [0.3, 0.4) is 0 Å². The van der Waals surface area contributed by atoms with E-state index in [9.17, 15) is 0 Å². The molecule has 0 bridgehead atoms. The molecule has 2 fully saturated rings. The molecule has 2 aromatic carbocycles. The quantitative estimate of drug-likeness (QED) is 0.218. The molecule has 2 heterocycles. The standard InChI is InChI=1S/C10H18N2.2C5H4Cl.3CH3.Fe.Pt/c1-3-7-11-9(5-1)10-6-2-4-8-12-10;2*6-5-3-1-2-4-5;;;;;/h9-10H,1-8H2;2*1-4H;3*1H3;;/q-2;-5;4*-1;;. The van der Waals surface area contributed by atoms with Crippen LogP contribution >= 0.6 is 23.2 Å². The molecule has 180 valence electrons. The summed E-state index contributed by atoms with van der Waals surface area (Å²) < 4.78 is 0. The van der Waals surface area contributed by atoms with Gasteiger partial charge in [0.25, 0.3) is 0 Å². The summed E-state index contributed by atoms with van der Waals surface area (Å²) in [6.07, 6.45) is 7.97. The van der Waals surface area contributed by atoms with E-state index in [4.69, 9.17) is 23.2 Å². The summed E-state index contributed by atoms with van der Waals surface area (Å²) in [7, 11) is 0. The van der Waals surface area contributed by atoms with Gasteiger partial charge in [0.15, 0.2) is 0 Å². The molecule has 2 aliphatic rings. The molecule has 0 spiro atoms. The summed E-state index contributed by atoms with van der Waals surface area (Å²) in [5.74, 6) is 0. The molecule has 0 N–H and O–H groups in total. The maximum absolute atomic E-state index is 5.46. The van der Waals surface area contributed by atoms with Crippen molar-refractivity contribution in [2.45, 2.75) is 50.6 Å². The van der Waals surface area contributed by atoms with Crippen molar-refractivity contribution < 1.29 is 38.1 Å². The largest absolute Gasteiger partial charge is 0.747 e. The fraction of sp³-hybridized carbons (Fsp3) is 0.435. The van der Waals surface area contributed by atoms with Crippen LogP contribution in [0.1, 0.15) is 38.5 Å². The van der Waals surface area contributed by atoms with E-state index in [0.29, 0.717) is 12.1 Å². The van der Waals surface area contributed by atoms with Crippen LogP contribution in [0.15, 0.2) is 48.5 Å². The molecule has 6 heteroatoms. The molecule has 0 amide bonds. The van der Waals surface area contributed by atoms with Crippen LogP contribution in [0.2, 0.25) is 10.0 Å². The Kier molecular flexibility index (Phi) is 29.3. The Hall–Kier alpha value is 0.408. The van der Waals surface area contributed by atoms with Gasteiger partial charge >= 0.3 is 0 Å². The van der Waals surface area contributed by atoms with Crippen molar-refractivity contribution in [2.24, 2.45) is 0 Å². The van der Waals surface area contributed by atoms with Crippen LogP contribution in [-0.2, 0) is 38.1 Å². The Labute approximate surface area is 215 Å². The molecule has 4 rings (SSSR count). The van der Waals surface area contributed by atoms with Crippen molar-refractivity contribution in [3.8, 4) is 0 Å². The van der Waals surface area contributed by atoms with Gasteiger partial charge in [-0.15, -0.1) is 24.7 Å². The second kappa shape index (κ2) is 23.1. The zero-order valence-electron chi connectivity index (χ0n) is 17.8. The second-order valence-electron chi connectivity index (χ2n) is 6.14. The molecule has 2 unspecified atom stereocenters. The third-order valence-corrected chi connectivity index (χ3v) is 4.74. The molecule has 0 aliphatic carbocycles. The molecular formula is C23H35Cl2FeN2Pt-11. The van der Waals surface area contributed by atoms with Crippen LogP contribution in [0.25, 0.3) is 10.6 Å². The SMILES string of the molecule is C1CCC(C2CCCC[N-]2)[N-]C1.Cl[c-]1[cH-][cH-][cH-][cH-]1.Clc1ccc[cH-]1.[CH3-].[CH3-].[CH3-].[Fe].[Pt]. The number of halogens is 2. The summed E-state index contributed by atoms with van der Waals surface area (Å²) in [5.41, 5.74) is 0. The number of hydrogen-bond acceptors (Lipinski definition) is 0. The van der Waals surface area contributed by atoms with E-state index in [2.05, 4.69) is 10.6 Å². The number of hydrogen-bond donors (Lipinski definition) is 0. The van der Waals surface area contributed by atoms with Crippen LogP contribution in [0.4, 0.5) is 0 Å². The minimum atomic E-state index is 0. The van der Waals surface area contributed by atoms with Gasteiger partial charge < -0.3 is 73.8 Å². The van der Waals surface area contributed by atoms with Crippen molar-refractivity contribution in [1.29, 1.82) is 0 Å². The summed E-state index contributed by atoms with van der Waals surface area (Å²) >= 11 is 10.9. The molecule has 0 aromatic heterocycles. The average molecular weight is 661 g/mol. The minimum Gasteiger partial charge on any atom is -0.747 e. The summed E-state index contributed by atoms with van der Waals surface area (Å²) in [6, 6.07) is 16.2. The zero-order chi connectivity index (χ0) is 17.0. The van der Waals surface area contributed by atoms with Gasteiger partial charge in [0.1, 0.15) is 0 Å². The molecule has 2 aromatic rings. The van der Waals surface area contributed by atoms with E-state index < -0.39 is 0 Å². The van der Waals surface area contributed by atoms with E-state index in [-0.39, 0.29) is 60.4 Å². The van der Waals surface area contributed by atoms with E-state index in [1.807, 2.05) is 48.5 Å². The first-order valence-electron chi connectivity index (χ1n) is 8.83. The van der Waals surface area contributed by atoms with Crippen molar-refractivity contribution in [1.82, 2.24) is 0 Å². The predicted molar refractivity (Wildman–Crippen MR) is 125 cm³/mol. The van der Waals surface area contributed by atoms with Crippen LogP contribution in [-0.4, -0.2) is 25.2 Å². The molecular weight excluding hydrogens is 626 g/mol.